The molecule has 2 fully saturated rings. The lowest BCUT2D eigenvalue weighted by atomic mass is 9.97. The van der Waals surface area contributed by atoms with Crippen molar-refractivity contribution in [2.45, 2.75) is 44.6 Å². The molecule has 3 rings (SSSR count). The van der Waals surface area contributed by atoms with Crippen LogP contribution >= 0.6 is 0 Å². The summed E-state index contributed by atoms with van der Waals surface area (Å²) < 4.78 is 0. The van der Waals surface area contributed by atoms with Crippen molar-refractivity contribution in [3.8, 4) is 0 Å². The van der Waals surface area contributed by atoms with Gasteiger partial charge in [-0.1, -0.05) is 19.9 Å². The van der Waals surface area contributed by atoms with Crippen molar-refractivity contribution in [2.24, 2.45) is 0 Å². The second kappa shape index (κ2) is 4.54. The maximum absolute atomic E-state index is 4.63. The van der Waals surface area contributed by atoms with E-state index in [-0.39, 0.29) is 0 Å². The number of nitrogens with zero attached hydrogens (tertiary/aromatic N) is 2. The fraction of sp³-hybridized carbons (Fsp3) is 0.667. The molecule has 0 aromatic carbocycles. The molecule has 1 atom stereocenters. The molecular formula is C15H23N3. The average Bonchev–Trinajstić information content (AvgIpc) is 3.01. The minimum absolute atomic E-state index is 0.387. The SMILES string of the molecule is CC(C)c1ccc(N2CCC3(CCCN3)C2)nc1. The molecule has 98 valence electrons. The van der Waals surface area contributed by atoms with E-state index in [0.717, 1.165) is 18.9 Å². The smallest absolute Gasteiger partial charge is 0.128 e. The Labute approximate surface area is 110 Å². The molecular weight excluding hydrogens is 222 g/mol. The van der Waals surface area contributed by atoms with Gasteiger partial charge in [-0.05, 0) is 43.4 Å². The van der Waals surface area contributed by atoms with Crippen LogP contribution in [0.25, 0.3) is 0 Å². The third kappa shape index (κ3) is 2.12. The molecule has 3 nitrogen and oxygen atoms in total. The Balaban J connectivity index is 1.72. The van der Waals surface area contributed by atoms with E-state index < -0.39 is 0 Å². The minimum atomic E-state index is 0.387. The molecule has 0 radical (unpaired) electrons. The highest BCUT2D eigenvalue weighted by atomic mass is 15.3. The van der Waals surface area contributed by atoms with E-state index in [1.165, 1.54) is 31.4 Å². The van der Waals surface area contributed by atoms with Gasteiger partial charge in [0.25, 0.3) is 0 Å². The van der Waals surface area contributed by atoms with Gasteiger partial charge >= 0.3 is 0 Å². The van der Waals surface area contributed by atoms with Crippen LogP contribution in [-0.2, 0) is 0 Å². The molecule has 1 N–H and O–H groups in total. The number of aromatic nitrogens is 1. The zero-order chi connectivity index (χ0) is 12.6. The van der Waals surface area contributed by atoms with Crippen LogP contribution in [0, 0.1) is 0 Å². The summed E-state index contributed by atoms with van der Waals surface area (Å²) >= 11 is 0. The first-order valence-corrected chi connectivity index (χ1v) is 7.14. The van der Waals surface area contributed by atoms with Gasteiger partial charge in [-0.3, -0.25) is 0 Å². The highest BCUT2D eigenvalue weighted by molar-refractivity contribution is 5.42. The van der Waals surface area contributed by atoms with Crippen molar-refractivity contribution in [1.29, 1.82) is 0 Å². The quantitative estimate of drug-likeness (QED) is 0.868. The molecule has 0 amide bonds. The Morgan fingerprint density at radius 3 is 2.83 bits per heavy atom. The van der Waals surface area contributed by atoms with Crippen LogP contribution in [0.2, 0.25) is 0 Å². The number of hydrogen-bond donors (Lipinski definition) is 1. The first-order chi connectivity index (χ1) is 8.69. The van der Waals surface area contributed by atoms with Gasteiger partial charge in [-0.2, -0.15) is 0 Å². The minimum Gasteiger partial charge on any atom is -0.355 e. The molecule has 2 aliphatic rings. The number of anilines is 1. The second-order valence-corrected chi connectivity index (χ2v) is 6.09. The van der Waals surface area contributed by atoms with Crippen LogP contribution in [0.3, 0.4) is 0 Å². The molecule has 1 aromatic rings. The maximum atomic E-state index is 4.63. The van der Waals surface area contributed by atoms with E-state index >= 15 is 0 Å². The molecule has 0 bridgehead atoms. The molecule has 2 aliphatic heterocycles. The fourth-order valence-corrected chi connectivity index (χ4v) is 3.21. The topological polar surface area (TPSA) is 28.2 Å². The van der Waals surface area contributed by atoms with Crippen LogP contribution < -0.4 is 10.2 Å². The molecule has 3 heterocycles. The van der Waals surface area contributed by atoms with E-state index in [1.54, 1.807) is 0 Å². The Morgan fingerprint density at radius 1 is 1.33 bits per heavy atom. The zero-order valence-corrected chi connectivity index (χ0v) is 11.4. The van der Waals surface area contributed by atoms with Crippen LogP contribution in [0.15, 0.2) is 18.3 Å². The fourth-order valence-electron chi connectivity index (χ4n) is 3.21. The monoisotopic (exact) mass is 245 g/mol. The summed E-state index contributed by atoms with van der Waals surface area (Å²) in [7, 11) is 0. The lowest BCUT2D eigenvalue weighted by molar-refractivity contribution is 0.418. The van der Waals surface area contributed by atoms with Gasteiger partial charge in [0.15, 0.2) is 0 Å². The predicted octanol–water partition coefficient (Wildman–Crippen LogP) is 2.54. The Kier molecular flexibility index (Phi) is 3.02. The van der Waals surface area contributed by atoms with Crippen molar-refractivity contribution in [3.63, 3.8) is 0 Å². The molecule has 18 heavy (non-hydrogen) atoms. The van der Waals surface area contributed by atoms with Crippen molar-refractivity contribution in [2.75, 3.05) is 24.5 Å². The van der Waals surface area contributed by atoms with Crippen molar-refractivity contribution in [1.82, 2.24) is 10.3 Å². The molecule has 1 spiro atoms. The summed E-state index contributed by atoms with van der Waals surface area (Å²) in [5.41, 5.74) is 1.71. The highest BCUT2D eigenvalue weighted by Gasteiger charge is 2.40. The predicted molar refractivity (Wildman–Crippen MR) is 75.1 cm³/mol. The number of nitrogens with one attached hydrogen (secondary N) is 1. The number of hydrogen-bond acceptors (Lipinski definition) is 3. The molecule has 1 unspecified atom stereocenters. The summed E-state index contributed by atoms with van der Waals surface area (Å²) in [5.74, 6) is 1.71. The second-order valence-electron chi connectivity index (χ2n) is 6.09. The summed E-state index contributed by atoms with van der Waals surface area (Å²) in [5, 5.41) is 3.69. The largest absolute Gasteiger partial charge is 0.355 e. The molecule has 0 aliphatic carbocycles. The van der Waals surface area contributed by atoms with Gasteiger partial charge in [0, 0.05) is 24.8 Å². The summed E-state index contributed by atoms with van der Waals surface area (Å²) in [6.07, 6.45) is 5.95. The summed E-state index contributed by atoms with van der Waals surface area (Å²) in [4.78, 5) is 7.07. The summed E-state index contributed by atoms with van der Waals surface area (Å²) in [6, 6.07) is 4.41. The average molecular weight is 245 g/mol. The van der Waals surface area contributed by atoms with E-state index in [1.807, 2.05) is 6.20 Å². The number of rotatable bonds is 2. The molecule has 0 saturated carbocycles. The zero-order valence-electron chi connectivity index (χ0n) is 11.4. The van der Waals surface area contributed by atoms with E-state index in [2.05, 4.69) is 41.2 Å². The lowest BCUT2D eigenvalue weighted by Crippen LogP contribution is -2.42. The van der Waals surface area contributed by atoms with E-state index in [4.69, 9.17) is 0 Å². The van der Waals surface area contributed by atoms with Crippen LogP contribution in [0.4, 0.5) is 5.82 Å². The Morgan fingerprint density at radius 2 is 2.22 bits per heavy atom. The van der Waals surface area contributed by atoms with Crippen molar-refractivity contribution >= 4 is 5.82 Å². The van der Waals surface area contributed by atoms with E-state index in [9.17, 15) is 0 Å². The van der Waals surface area contributed by atoms with Crippen LogP contribution in [0.5, 0.6) is 0 Å². The Bertz CT molecular complexity index is 404. The lowest BCUT2D eigenvalue weighted by Gasteiger charge is -2.24. The van der Waals surface area contributed by atoms with Gasteiger partial charge < -0.3 is 10.2 Å². The third-order valence-electron chi connectivity index (χ3n) is 4.45. The molecule has 3 heteroatoms. The van der Waals surface area contributed by atoms with Gasteiger partial charge in [0.2, 0.25) is 0 Å². The van der Waals surface area contributed by atoms with Crippen LogP contribution in [-0.4, -0.2) is 30.2 Å². The first kappa shape index (κ1) is 12.0. The standard InChI is InChI=1S/C15H23N3/c1-12(2)13-4-5-14(16-10-13)18-9-7-15(11-18)6-3-8-17-15/h4-5,10,12,17H,3,6-9,11H2,1-2H3. The number of pyridine rings is 1. The third-order valence-corrected chi connectivity index (χ3v) is 4.45. The normalized spacial score (nSPS) is 27.6. The van der Waals surface area contributed by atoms with Crippen molar-refractivity contribution < 1.29 is 0 Å². The molecule has 2 saturated heterocycles. The van der Waals surface area contributed by atoms with Gasteiger partial charge in [0.1, 0.15) is 5.82 Å². The van der Waals surface area contributed by atoms with E-state index in [0.29, 0.717) is 11.5 Å². The summed E-state index contributed by atoms with van der Waals surface area (Å²) in [6.45, 7) is 7.88. The van der Waals surface area contributed by atoms with Gasteiger partial charge in [0.05, 0.1) is 0 Å². The van der Waals surface area contributed by atoms with Crippen LogP contribution in [0.1, 0.15) is 44.6 Å². The Hall–Kier alpha value is -1.09. The van der Waals surface area contributed by atoms with Gasteiger partial charge in [-0.25, -0.2) is 4.98 Å². The van der Waals surface area contributed by atoms with Gasteiger partial charge in [-0.15, -0.1) is 0 Å². The highest BCUT2D eigenvalue weighted by Crippen LogP contribution is 2.32. The first-order valence-electron chi connectivity index (χ1n) is 7.14. The molecule has 1 aromatic heterocycles. The maximum Gasteiger partial charge on any atom is 0.128 e. The van der Waals surface area contributed by atoms with Crippen molar-refractivity contribution in [3.05, 3.63) is 23.9 Å².